The number of aliphatic hydroxyl groups is 1. The zero-order valence-electron chi connectivity index (χ0n) is 18.6. The summed E-state index contributed by atoms with van der Waals surface area (Å²) in [5.41, 5.74) is -0.951. The molecule has 0 bridgehead atoms. The number of fused-ring (bicyclic) bond motifs is 3. The van der Waals surface area contributed by atoms with Gasteiger partial charge in [-0.15, -0.1) is 0 Å². The second-order valence-corrected chi connectivity index (χ2v) is 8.74. The lowest BCUT2D eigenvalue weighted by atomic mass is 9.73. The van der Waals surface area contributed by atoms with E-state index in [1.54, 1.807) is 6.92 Å². The van der Waals surface area contributed by atoms with E-state index in [1.165, 1.54) is 32.4 Å². The van der Waals surface area contributed by atoms with Crippen LogP contribution in [-0.2, 0) is 15.9 Å². The molecule has 2 aromatic carbocycles. The zero-order chi connectivity index (χ0) is 23.5. The molecule has 8 nitrogen and oxygen atoms in total. The highest BCUT2D eigenvalue weighted by molar-refractivity contribution is 6.30. The number of aromatic hydroxyl groups is 2. The molecule has 2 aliphatic rings. The molecule has 2 aliphatic carbocycles. The first-order chi connectivity index (χ1) is 15.0. The van der Waals surface area contributed by atoms with Gasteiger partial charge in [-0.25, -0.2) is 0 Å². The summed E-state index contributed by atoms with van der Waals surface area (Å²) in [5.74, 6) is -1.79. The molecule has 3 N–H and O–H groups in total. The molecular formula is C24H26O8. The Morgan fingerprint density at radius 1 is 1.03 bits per heavy atom. The number of carbonyl (C=O) groups excluding carboxylic acids is 2. The lowest BCUT2D eigenvalue weighted by Crippen LogP contribution is -2.51. The van der Waals surface area contributed by atoms with E-state index < -0.39 is 40.9 Å². The van der Waals surface area contributed by atoms with Crippen LogP contribution in [0.2, 0.25) is 0 Å². The molecule has 4 rings (SSSR count). The van der Waals surface area contributed by atoms with Crippen molar-refractivity contribution in [2.45, 2.75) is 51.1 Å². The van der Waals surface area contributed by atoms with E-state index in [0.717, 1.165) is 0 Å². The van der Waals surface area contributed by atoms with Crippen molar-refractivity contribution in [3.05, 3.63) is 51.6 Å². The van der Waals surface area contributed by atoms with Crippen molar-refractivity contribution in [2.75, 3.05) is 14.2 Å². The highest BCUT2D eigenvalue weighted by atomic mass is 16.6. The number of hydrogen-bond donors (Lipinski definition) is 3. The summed E-state index contributed by atoms with van der Waals surface area (Å²) in [7, 11) is 2.82. The van der Waals surface area contributed by atoms with Gasteiger partial charge in [0.25, 0.3) is 0 Å². The second-order valence-electron chi connectivity index (χ2n) is 8.74. The Hall–Kier alpha value is -2.94. The topological polar surface area (TPSA) is 123 Å². The van der Waals surface area contributed by atoms with Gasteiger partial charge in [0.15, 0.2) is 5.78 Å². The third kappa shape index (κ3) is 3.18. The first kappa shape index (κ1) is 22.3. The van der Waals surface area contributed by atoms with Gasteiger partial charge >= 0.3 is 0 Å². The van der Waals surface area contributed by atoms with Crippen LogP contribution < -0.4 is 4.74 Å². The average molecular weight is 442 g/mol. The lowest BCUT2D eigenvalue weighted by Gasteiger charge is -2.43. The zero-order valence-corrected chi connectivity index (χ0v) is 18.6. The number of rotatable bonds is 4. The minimum absolute atomic E-state index is 0.00127. The molecule has 0 unspecified atom stereocenters. The Balaban J connectivity index is 1.98. The van der Waals surface area contributed by atoms with Gasteiger partial charge in [-0.3, -0.25) is 9.59 Å². The van der Waals surface area contributed by atoms with Crippen LogP contribution in [0.5, 0.6) is 17.2 Å². The van der Waals surface area contributed by atoms with Crippen molar-refractivity contribution in [3.63, 3.8) is 0 Å². The average Bonchev–Trinajstić information content (AvgIpc) is 2.69. The first-order valence-corrected chi connectivity index (χ1v) is 10.3. The molecule has 0 aromatic heterocycles. The smallest absolute Gasteiger partial charge is 0.201 e. The summed E-state index contributed by atoms with van der Waals surface area (Å²) in [5, 5.41) is 32.7. The van der Waals surface area contributed by atoms with E-state index in [-0.39, 0.29) is 40.5 Å². The molecular weight excluding hydrogens is 416 g/mol. The molecule has 170 valence electrons. The predicted octanol–water partition coefficient (Wildman–Crippen LogP) is 2.67. The van der Waals surface area contributed by atoms with E-state index in [4.69, 9.17) is 14.2 Å². The number of phenolic OH excluding ortho intramolecular Hbond substituents is 2. The monoisotopic (exact) mass is 442 g/mol. The predicted molar refractivity (Wildman–Crippen MR) is 114 cm³/mol. The van der Waals surface area contributed by atoms with Crippen molar-refractivity contribution < 1.29 is 39.1 Å². The maximum atomic E-state index is 13.4. The van der Waals surface area contributed by atoms with Crippen LogP contribution in [0.4, 0.5) is 0 Å². The van der Waals surface area contributed by atoms with Gasteiger partial charge in [-0.2, -0.15) is 0 Å². The minimum Gasteiger partial charge on any atom is -0.507 e. The van der Waals surface area contributed by atoms with Gasteiger partial charge in [0.05, 0.1) is 29.9 Å². The SMILES string of the molecule is COc1cc(O)c2c(c1)C(=O)c1cc3c(c(O)c1C2=O)[C@@H](OC(C)C)[C@H](OC)[C@](C)(O)C3. The van der Waals surface area contributed by atoms with E-state index in [9.17, 15) is 24.9 Å². The van der Waals surface area contributed by atoms with Crippen molar-refractivity contribution in [1.82, 2.24) is 0 Å². The van der Waals surface area contributed by atoms with E-state index in [0.29, 0.717) is 11.1 Å². The second kappa shape index (κ2) is 7.58. The van der Waals surface area contributed by atoms with Gasteiger partial charge in [0, 0.05) is 36.3 Å². The number of ketones is 2. The Morgan fingerprint density at radius 3 is 2.28 bits per heavy atom. The molecule has 0 fully saturated rings. The van der Waals surface area contributed by atoms with Crippen LogP contribution in [0.15, 0.2) is 18.2 Å². The maximum absolute atomic E-state index is 13.4. The standard InChI is InChI=1S/C24H26O8/c1-10(2)32-22-16-11(9-24(3,29)23(22)31-5)6-13-18(20(16)27)21(28)17-14(19(13)26)7-12(30-4)8-15(17)25/h6-8,10,22-23,25,27,29H,9H2,1-5H3/t22-,23+,24-/m1/s1. The van der Waals surface area contributed by atoms with E-state index in [2.05, 4.69) is 0 Å². The Bertz CT molecular complexity index is 1130. The fraction of sp³-hybridized carbons (Fsp3) is 0.417. The van der Waals surface area contributed by atoms with Crippen LogP contribution in [0.3, 0.4) is 0 Å². The van der Waals surface area contributed by atoms with E-state index in [1.807, 2.05) is 13.8 Å². The fourth-order valence-electron chi connectivity index (χ4n) is 4.79. The summed E-state index contributed by atoms with van der Waals surface area (Å²) in [6, 6.07) is 4.14. The van der Waals surface area contributed by atoms with Crippen molar-refractivity contribution in [3.8, 4) is 17.2 Å². The molecule has 0 heterocycles. The van der Waals surface area contributed by atoms with Crippen LogP contribution in [0.25, 0.3) is 0 Å². The van der Waals surface area contributed by atoms with Gasteiger partial charge < -0.3 is 29.5 Å². The van der Waals surface area contributed by atoms with Gasteiger partial charge in [-0.1, -0.05) is 0 Å². The third-order valence-corrected chi connectivity index (χ3v) is 6.09. The van der Waals surface area contributed by atoms with Crippen LogP contribution in [0, 0.1) is 0 Å². The largest absolute Gasteiger partial charge is 0.507 e. The third-order valence-electron chi connectivity index (χ3n) is 6.09. The highest BCUT2D eigenvalue weighted by Gasteiger charge is 2.48. The van der Waals surface area contributed by atoms with Crippen molar-refractivity contribution in [2.24, 2.45) is 0 Å². The number of phenols is 2. The fourth-order valence-corrected chi connectivity index (χ4v) is 4.79. The summed E-state index contributed by atoms with van der Waals surface area (Å²) in [6.07, 6.45) is -1.89. The number of carbonyl (C=O) groups is 2. The van der Waals surface area contributed by atoms with Crippen LogP contribution >= 0.6 is 0 Å². The molecule has 8 heteroatoms. The molecule has 3 atom stereocenters. The molecule has 0 radical (unpaired) electrons. The maximum Gasteiger partial charge on any atom is 0.201 e. The molecule has 0 spiro atoms. The summed E-state index contributed by atoms with van der Waals surface area (Å²) in [6.45, 7) is 5.21. The Kier molecular flexibility index (Phi) is 5.27. The quantitative estimate of drug-likeness (QED) is 0.564. The Morgan fingerprint density at radius 2 is 1.69 bits per heavy atom. The van der Waals surface area contributed by atoms with E-state index >= 15 is 0 Å². The number of methoxy groups -OCH3 is 2. The lowest BCUT2D eigenvalue weighted by molar-refractivity contribution is -0.170. The minimum atomic E-state index is -1.34. The first-order valence-electron chi connectivity index (χ1n) is 10.3. The highest BCUT2D eigenvalue weighted by Crippen LogP contribution is 2.49. The summed E-state index contributed by atoms with van der Waals surface area (Å²) < 4.78 is 16.7. The van der Waals surface area contributed by atoms with Gasteiger partial charge in [0.2, 0.25) is 5.78 Å². The summed E-state index contributed by atoms with van der Waals surface area (Å²) in [4.78, 5) is 26.7. The van der Waals surface area contributed by atoms with Gasteiger partial charge in [-0.05, 0) is 38.5 Å². The Labute approximate surface area is 185 Å². The van der Waals surface area contributed by atoms with Crippen LogP contribution in [0.1, 0.15) is 69.8 Å². The molecule has 2 aromatic rings. The molecule has 0 saturated heterocycles. The van der Waals surface area contributed by atoms with Crippen LogP contribution in [-0.4, -0.2) is 58.9 Å². The van der Waals surface area contributed by atoms with Crippen molar-refractivity contribution >= 4 is 11.6 Å². The van der Waals surface area contributed by atoms with Gasteiger partial charge in [0.1, 0.15) is 29.5 Å². The molecule has 32 heavy (non-hydrogen) atoms. The van der Waals surface area contributed by atoms with Crippen molar-refractivity contribution in [1.29, 1.82) is 0 Å². The molecule has 0 aliphatic heterocycles. The number of hydrogen-bond acceptors (Lipinski definition) is 8. The number of ether oxygens (including phenoxy) is 3. The summed E-state index contributed by atoms with van der Waals surface area (Å²) >= 11 is 0. The number of benzene rings is 2. The molecule has 0 saturated carbocycles. The normalized spacial score (nSPS) is 24.2. The molecule has 0 amide bonds.